The number of anilines is 1. The van der Waals surface area contributed by atoms with Gasteiger partial charge in [-0.2, -0.15) is 0 Å². The number of unbranched alkanes of at least 4 members (excludes halogenated alkanes) is 1. The van der Waals surface area contributed by atoms with Gasteiger partial charge in [-0.3, -0.25) is 4.79 Å². The third kappa shape index (κ3) is 4.57. The first-order valence-electron chi connectivity index (χ1n) is 9.29. The van der Waals surface area contributed by atoms with E-state index in [0.717, 1.165) is 48.7 Å². The van der Waals surface area contributed by atoms with Crippen molar-refractivity contribution >= 4 is 11.5 Å². The van der Waals surface area contributed by atoms with Gasteiger partial charge in [0.1, 0.15) is 17.6 Å². The predicted octanol–water partition coefficient (Wildman–Crippen LogP) is 4.64. The number of rotatable bonds is 7. The average Bonchev–Trinajstić information content (AvgIpc) is 2.62. The summed E-state index contributed by atoms with van der Waals surface area (Å²) in [5.74, 6) is 1.87. The largest absolute Gasteiger partial charge is 0.494 e. The molecule has 0 saturated carbocycles. The van der Waals surface area contributed by atoms with Crippen molar-refractivity contribution in [3.8, 4) is 11.5 Å². The van der Waals surface area contributed by atoms with E-state index in [1.165, 1.54) is 5.56 Å². The third-order valence-electron chi connectivity index (χ3n) is 4.62. The van der Waals surface area contributed by atoms with E-state index in [0.29, 0.717) is 6.61 Å². The van der Waals surface area contributed by atoms with Crippen LogP contribution < -0.4 is 14.4 Å². The molecule has 4 nitrogen and oxygen atoms in total. The van der Waals surface area contributed by atoms with Crippen LogP contribution in [-0.4, -0.2) is 31.6 Å². The normalized spacial score (nSPS) is 16.0. The van der Waals surface area contributed by atoms with Gasteiger partial charge in [0.05, 0.1) is 18.8 Å². The Morgan fingerprint density at radius 3 is 2.69 bits per heavy atom. The van der Waals surface area contributed by atoms with Crippen LogP contribution in [0.4, 0.5) is 5.69 Å². The van der Waals surface area contributed by atoms with Crippen molar-refractivity contribution in [1.29, 1.82) is 0 Å². The summed E-state index contributed by atoms with van der Waals surface area (Å²) in [6.45, 7) is 8.23. The highest BCUT2D eigenvalue weighted by Gasteiger charge is 2.23. The molecule has 1 atom stereocenters. The molecule has 26 heavy (non-hydrogen) atoms. The summed E-state index contributed by atoms with van der Waals surface area (Å²) in [5, 5.41) is 0. The minimum absolute atomic E-state index is 0.0814. The van der Waals surface area contributed by atoms with Crippen LogP contribution in [0.1, 0.15) is 42.6 Å². The number of benzene rings is 2. The van der Waals surface area contributed by atoms with Crippen LogP contribution >= 0.6 is 0 Å². The van der Waals surface area contributed by atoms with Gasteiger partial charge in [-0.05, 0) is 63.9 Å². The maximum absolute atomic E-state index is 11.7. The zero-order valence-electron chi connectivity index (χ0n) is 15.8. The number of carbonyl (C=O) groups excluding carboxylic acids is 1. The number of Topliss-reactive ketones (excluding diaryl/α,β-unsaturated/α-hetero) is 1. The molecule has 0 fully saturated rings. The monoisotopic (exact) mass is 353 g/mol. The minimum atomic E-state index is 0.0814. The summed E-state index contributed by atoms with van der Waals surface area (Å²) in [7, 11) is 0. The lowest BCUT2D eigenvalue weighted by molar-refractivity contribution is 0.101. The van der Waals surface area contributed by atoms with Gasteiger partial charge in [0.2, 0.25) is 0 Å². The molecule has 2 aromatic carbocycles. The van der Waals surface area contributed by atoms with Crippen LogP contribution in [0.25, 0.3) is 0 Å². The number of ketones is 1. The Labute approximate surface area is 155 Å². The highest BCUT2D eigenvalue weighted by atomic mass is 16.5. The number of fused-ring (bicyclic) bond motifs is 1. The second kappa shape index (κ2) is 8.26. The maximum Gasteiger partial charge on any atom is 0.159 e. The molecule has 0 amide bonds. The molecule has 3 rings (SSSR count). The number of nitrogens with zero attached hydrogens (tertiary/aromatic N) is 1. The summed E-state index contributed by atoms with van der Waals surface area (Å²) in [6.07, 6.45) is 2.17. The Bertz CT molecular complexity index is 754. The van der Waals surface area contributed by atoms with E-state index < -0.39 is 0 Å². The fraction of sp³-hybridized carbons (Fsp3) is 0.409. The molecule has 1 unspecified atom stereocenters. The highest BCUT2D eigenvalue weighted by Crippen LogP contribution is 2.34. The number of carbonyl (C=O) groups is 1. The van der Waals surface area contributed by atoms with Gasteiger partial charge in [0.15, 0.2) is 5.78 Å². The Kier molecular flexibility index (Phi) is 5.82. The second-order valence-electron chi connectivity index (χ2n) is 6.98. The average molecular weight is 353 g/mol. The van der Waals surface area contributed by atoms with Crippen molar-refractivity contribution in [2.45, 2.75) is 39.7 Å². The second-order valence-corrected chi connectivity index (χ2v) is 6.98. The van der Waals surface area contributed by atoms with E-state index in [4.69, 9.17) is 9.47 Å². The Morgan fingerprint density at radius 2 is 1.96 bits per heavy atom. The summed E-state index contributed by atoms with van der Waals surface area (Å²) < 4.78 is 11.7. The quantitative estimate of drug-likeness (QED) is 0.537. The smallest absolute Gasteiger partial charge is 0.159 e. The molecule has 0 radical (unpaired) electrons. The fourth-order valence-corrected chi connectivity index (χ4v) is 3.19. The van der Waals surface area contributed by atoms with Gasteiger partial charge in [0.25, 0.3) is 0 Å². The van der Waals surface area contributed by atoms with Crippen LogP contribution in [0.5, 0.6) is 11.5 Å². The van der Waals surface area contributed by atoms with Gasteiger partial charge >= 0.3 is 0 Å². The minimum Gasteiger partial charge on any atom is -0.494 e. The molecule has 1 aliphatic rings. The Balaban J connectivity index is 1.54. The molecule has 2 aromatic rings. The van der Waals surface area contributed by atoms with Crippen molar-refractivity contribution in [2.75, 3.05) is 24.6 Å². The van der Waals surface area contributed by atoms with E-state index in [-0.39, 0.29) is 11.9 Å². The Hall–Kier alpha value is -2.49. The molecule has 0 saturated heterocycles. The fourth-order valence-electron chi connectivity index (χ4n) is 3.19. The lowest BCUT2D eigenvalue weighted by Crippen LogP contribution is -2.39. The molecule has 0 aliphatic carbocycles. The third-order valence-corrected chi connectivity index (χ3v) is 4.62. The molecule has 0 spiro atoms. The van der Waals surface area contributed by atoms with Crippen molar-refractivity contribution < 1.29 is 14.3 Å². The maximum atomic E-state index is 11.7. The number of hydrogen-bond donors (Lipinski definition) is 0. The first-order chi connectivity index (χ1) is 12.5. The molecule has 0 bridgehead atoms. The molecule has 0 N–H and O–H groups in total. The SMILES string of the molecule is CC(=O)c1ccc2c(c1)N(CCCCOc1ccc(C)cc1)CC(C)O2. The van der Waals surface area contributed by atoms with Crippen molar-refractivity contribution in [1.82, 2.24) is 0 Å². The highest BCUT2D eigenvalue weighted by molar-refractivity contribution is 5.95. The zero-order valence-corrected chi connectivity index (χ0v) is 15.8. The predicted molar refractivity (Wildman–Crippen MR) is 105 cm³/mol. The lowest BCUT2D eigenvalue weighted by atomic mass is 10.1. The van der Waals surface area contributed by atoms with Crippen molar-refractivity contribution in [3.05, 3.63) is 53.6 Å². The summed E-state index contributed by atoms with van der Waals surface area (Å²) in [5.41, 5.74) is 2.99. The first kappa shape index (κ1) is 18.3. The molecule has 1 heterocycles. The van der Waals surface area contributed by atoms with E-state index in [1.54, 1.807) is 6.92 Å². The van der Waals surface area contributed by atoms with Crippen molar-refractivity contribution in [2.24, 2.45) is 0 Å². The molecule has 1 aliphatic heterocycles. The summed E-state index contributed by atoms with van der Waals surface area (Å²) in [6, 6.07) is 13.9. The molecule has 138 valence electrons. The summed E-state index contributed by atoms with van der Waals surface area (Å²) in [4.78, 5) is 14.0. The molecular formula is C22H27NO3. The van der Waals surface area contributed by atoms with Gasteiger partial charge in [-0.15, -0.1) is 0 Å². The van der Waals surface area contributed by atoms with Gasteiger partial charge in [-0.25, -0.2) is 0 Å². The van der Waals surface area contributed by atoms with Crippen LogP contribution in [0.2, 0.25) is 0 Å². The van der Waals surface area contributed by atoms with Crippen LogP contribution in [0.15, 0.2) is 42.5 Å². The number of aryl methyl sites for hydroxylation is 1. The van der Waals surface area contributed by atoms with Crippen LogP contribution in [0, 0.1) is 6.92 Å². The molecule has 0 aromatic heterocycles. The summed E-state index contributed by atoms with van der Waals surface area (Å²) >= 11 is 0. The zero-order chi connectivity index (χ0) is 18.5. The lowest BCUT2D eigenvalue weighted by Gasteiger charge is -2.35. The van der Waals surface area contributed by atoms with E-state index in [2.05, 4.69) is 30.9 Å². The van der Waals surface area contributed by atoms with E-state index in [9.17, 15) is 4.79 Å². The number of hydrogen-bond acceptors (Lipinski definition) is 4. The van der Waals surface area contributed by atoms with Crippen LogP contribution in [-0.2, 0) is 0 Å². The van der Waals surface area contributed by atoms with Crippen LogP contribution in [0.3, 0.4) is 0 Å². The standard InChI is InChI=1S/C22H27NO3/c1-16-6-9-20(10-7-16)25-13-5-4-12-23-15-17(2)26-22-11-8-19(18(3)24)14-21(22)23/h6-11,14,17H,4-5,12-13,15H2,1-3H3. The van der Waals surface area contributed by atoms with Gasteiger partial charge in [-0.1, -0.05) is 17.7 Å². The van der Waals surface area contributed by atoms with Gasteiger partial charge < -0.3 is 14.4 Å². The molecular weight excluding hydrogens is 326 g/mol. The molecule has 4 heteroatoms. The number of ether oxygens (including phenoxy) is 2. The van der Waals surface area contributed by atoms with E-state index in [1.807, 2.05) is 30.3 Å². The topological polar surface area (TPSA) is 38.8 Å². The first-order valence-corrected chi connectivity index (χ1v) is 9.29. The Morgan fingerprint density at radius 1 is 1.19 bits per heavy atom. The van der Waals surface area contributed by atoms with E-state index >= 15 is 0 Å². The van der Waals surface area contributed by atoms with Crippen molar-refractivity contribution in [3.63, 3.8) is 0 Å². The van der Waals surface area contributed by atoms with Gasteiger partial charge in [0, 0.05) is 12.1 Å².